The highest BCUT2D eigenvalue weighted by Gasteiger charge is 2.64. The molecule has 13 heteroatoms. The zero-order valence-electron chi connectivity index (χ0n) is 23.1. The molecule has 6 N–H and O–H groups in total. The first kappa shape index (κ1) is 29.3. The molecule has 1 saturated heterocycles. The minimum absolute atomic E-state index is 0.0286. The molecule has 1 saturated carbocycles. The number of hydrogen-bond donors (Lipinski definition) is 5. The second-order valence-corrected chi connectivity index (χ2v) is 14.1. The van der Waals surface area contributed by atoms with Crippen molar-refractivity contribution in [1.29, 1.82) is 10.2 Å². The molecule has 1 unspecified atom stereocenters. The zero-order chi connectivity index (χ0) is 30.2. The molecule has 42 heavy (non-hydrogen) atoms. The van der Waals surface area contributed by atoms with Crippen molar-refractivity contribution >= 4 is 44.6 Å². The third kappa shape index (κ3) is 6.31. The molecule has 2 fully saturated rings. The summed E-state index contributed by atoms with van der Waals surface area (Å²) in [7, 11) is -2.81. The number of fused-ring (bicyclic) bond motifs is 1. The van der Waals surface area contributed by atoms with Crippen LogP contribution in [0.3, 0.4) is 0 Å². The first-order valence-electron chi connectivity index (χ1n) is 13.2. The Hall–Kier alpha value is -4.23. The van der Waals surface area contributed by atoms with Crippen molar-refractivity contribution in [3.8, 4) is 11.5 Å². The van der Waals surface area contributed by atoms with Gasteiger partial charge in [0.25, 0.3) is 5.91 Å². The lowest BCUT2D eigenvalue weighted by atomic mass is 10.0. The number of benzene rings is 2. The predicted octanol–water partition coefficient (Wildman–Crippen LogP) is 3.29. The molecule has 2 heterocycles. The number of amides is 3. The van der Waals surface area contributed by atoms with Gasteiger partial charge in [-0.05, 0) is 72.9 Å². The number of carbonyl (C=O) groups excluding carboxylic acids is 3. The van der Waals surface area contributed by atoms with Gasteiger partial charge < -0.3 is 26.0 Å². The van der Waals surface area contributed by atoms with Gasteiger partial charge >= 0.3 is 0 Å². The van der Waals surface area contributed by atoms with Crippen LogP contribution in [0.4, 0.5) is 0 Å². The molecule has 3 amide bonds. The third-order valence-corrected chi connectivity index (χ3v) is 9.76. The number of likely N-dealkylation sites (tertiary alicyclic amines) is 1. The Kier molecular flexibility index (Phi) is 7.82. The van der Waals surface area contributed by atoms with Crippen LogP contribution in [0, 0.1) is 15.6 Å². The molecule has 0 bridgehead atoms. The van der Waals surface area contributed by atoms with Gasteiger partial charge in [-0.15, -0.1) is 11.3 Å². The van der Waals surface area contributed by atoms with Crippen LogP contribution < -0.4 is 21.1 Å². The summed E-state index contributed by atoms with van der Waals surface area (Å²) in [6.07, 6.45) is 2.75. The number of hydrogen-bond acceptors (Lipinski definition) is 8. The van der Waals surface area contributed by atoms with Gasteiger partial charge in [-0.2, -0.15) is 0 Å². The number of carbonyl (C=O) groups is 3. The number of thiophene rings is 1. The summed E-state index contributed by atoms with van der Waals surface area (Å²) in [4.78, 5) is 42.0. The van der Waals surface area contributed by atoms with Gasteiger partial charge in [-0.25, -0.2) is 8.99 Å². The Morgan fingerprint density at radius 2 is 1.71 bits per heavy atom. The Bertz CT molecular complexity index is 1650. The Morgan fingerprint density at radius 1 is 1.07 bits per heavy atom. The number of nitrogen functional groups attached to an aromatic ring is 1. The standard InChI is InChI=1S/C29H32N6O5S2/c1-29-12-23(28(38)33-14-21-11-18(16-41-21)26(30)31)35(24(29)13-29)25(36)15-34-27(37)17-3-5-19(6-4-17)40-20-7-9-22(10-8-20)42(2,32)39/h3-11,16,23-24,32H,12-15H2,1-2H3,(H3,30,31)(H,33,38)(H,34,37)/t23-,24-,29+,42?/m0/s1. The monoisotopic (exact) mass is 608 g/mol. The van der Waals surface area contributed by atoms with E-state index in [1.165, 1.54) is 17.6 Å². The molecule has 2 aromatic carbocycles. The number of piperidine rings is 1. The van der Waals surface area contributed by atoms with Gasteiger partial charge in [0, 0.05) is 38.6 Å². The van der Waals surface area contributed by atoms with E-state index in [1.807, 2.05) is 0 Å². The second-order valence-electron chi connectivity index (χ2n) is 11.0. The maximum absolute atomic E-state index is 13.2. The molecule has 1 aliphatic heterocycles. The fraction of sp³-hybridized carbons (Fsp3) is 0.310. The van der Waals surface area contributed by atoms with Crippen LogP contribution in [-0.2, 0) is 25.9 Å². The van der Waals surface area contributed by atoms with Gasteiger partial charge in [0.2, 0.25) is 11.8 Å². The van der Waals surface area contributed by atoms with Gasteiger partial charge in [0.15, 0.2) is 0 Å². The highest BCUT2D eigenvalue weighted by atomic mass is 32.2. The maximum Gasteiger partial charge on any atom is 0.251 e. The molecule has 1 aromatic heterocycles. The summed E-state index contributed by atoms with van der Waals surface area (Å²) >= 11 is 1.40. The van der Waals surface area contributed by atoms with Crippen LogP contribution in [-0.4, -0.2) is 57.6 Å². The molecule has 220 valence electrons. The molecule has 5 rings (SSSR count). The van der Waals surface area contributed by atoms with Crippen LogP contribution in [0.15, 0.2) is 64.9 Å². The van der Waals surface area contributed by atoms with Gasteiger partial charge in [-0.3, -0.25) is 19.8 Å². The fourth-order valence-corrected chi connectivity index (χ4v) is 6.67. The van der Waals surface area contributed by atoms with E-state index >= 15 is 0 Å². The lowest BCUT2D eigenvalue weighted by Gasteiger charge is -2.27. The molecule has 4 atom stereocenters. The van der Waals surface area contributed by atoms with Crippen LogP contribution in [0.25, 0.3) is 0 Å². The molecule has 2 aliphatic rings. The molecule has 1 aliphatic carbocycles. The van der Waals surface area contributed by atoms with Crippen molar-refractivity contribution in [3.05, 3.63) is 76.0 Å². The molecular weight excluding hydrogens is 576 g/mol. The average Bonchev–Trinajstić information content (AvgIpc) is 3.26. The van der Waals surface area contributed by atoms with Crippen molar-refractivity contribution < 1.29 is 23.3 Å². The summed E-state index contributed by atoms with van der Waals surface area (Å²) in [5.41, 5.74) is 6.37. The number of ether oxygens (including phenoxy) is 1. The van der Waals surface area contributed by atoms with E-state index in [0.717, 1.165) is 11.3 Å². The van der Waals surface area contributed by atoms with Crippen LogP contribution in [0.2, 0.25) is 0 Å². The Balaban J connectivity index is 1.15. The Labute approximate surface area is 247 Å². The van der Waals surface area contributed by atoms with E-state index in [0.29, 0.717) is 33.9 Å². The SMILES string of the molecule is C[C@@]12C[C@@H]1N(C(=O)CNC(=O)c1ccc(Oc3ccc(S(C)(=N)=O)cc3)cc1)[C@H](C(=O)NCc1cc(C(=N)N)cs1)C2. The molecular formula is C29H32N6O5S2. The zero-order valence-corrected chi connectivity index (χ0v) is 24.8. The van der Waals surface area contributed by atoms with E-state index < -0.39 is 21.7 Å². The van der Waals surface area contributed by atoms with E-state index in [9.17, 15) is 18.6 Å². The minimum atomic E-state index is -2.81. The summed E-state index contributed by atoms with van der Waals surface area (Å²) in [5.74, 6) is -0.0236. The van der Waals surface area contributed by atoms with Crippen LogP contribution >= 0.6 is 11.3 Å². The van der Waals surface area contributed by atoms with Crippen molar-refractivity contribution in [2.75, 3.05) is 12.8 Å². The fourth-order valence-electron chi connectivity index (χ4n) is 5.19. The summed E-state index contributed by atoms with van der Waals surface area (Å²) in [5, 5.41) is 14.9. The second kappa shape index (κ2) is 11.2. The summed E-state index contributed by atoms with van der Waals surface area (Å²) in [6, 6.07) is 14.0. The number of rotatable bonds is 10. The quantitative estimate of drug-likeness (QED) is 0.174. The van der Waals surface area contributed by atoms with Crippen molar-refractivity contribution in [3.63, 3.8) is 0 Å². The first-order chi connectivity index (χ1) is 19.8. The highest BCUT2D eigenvalue weighted by molar-refractivity contribution is 7.91. The van der Waals surface area contributed by atoms with E-state index in [4.69, 9.17) is 20.7 Å². The predicted molar refractivity (Wildman–Crippen MR) is 159 cm³/mol. The van der Waals surface area contributed by atoms with Crippen LogP contribution in [0.1, 0.15) is 40.6 Å². The third-order valence-electron chi connectivity index (χ3n) is 7.65. The van der Waals surface area contributed by atoms with E-state index in [2.05, 4.69) is 17.6 Å². The van der Waals surface area contributed by atoms with Gasteiger partial charge in [-0.1, -0.05) is 6.92 Å². The number of nitrogens with one attached hydrogen (secondary N) is 4. The first-order valence-corrected chi connectivity index (χ1v) is 16.1. The smallest absolute Gasteiger partial charge is 0.251 e. The number of amidine groups is 1. The lowest BCUT2D eigenvalue weighted by Crippen LogP contribution is -2.50. The van der Waals surface area contributed by atoms with Gasteiger partial charge in [0.05, 0.1) is 22.8 Å². The minimum Gasteiger partial charge on any atom is -0.457 e. The number of nitrogens with two attached hydrogens (primary N) is 1. The highest BCUT2D eigenvalue weighted by Crippen LogP contribution is 2.59. The van der Waals surface area contributed by atoms with E-state index in [-0.39, 0.29) is 42.2 Å². The molecule has 0 spiro atoms. The van der Waals surface area contributed by atoms with Crippen molar-refractivity contribution in [2.45, 2.75) is 43.3 Å². The average molecular weight is 609 g/mol. The summed E-state index contributed by atoms with van der Waals surface area (Å²) < 4.78 is 25.3. The van der Waals surface area contributed by atoms with Crippen molar-refractivity contribution in [1.82, 2.24) is 15.5 Å². The van der Waals surface area contributed by atoms with Crippen LogP contribution in [0.5, 0.6) is 11.5 Å². The topological polar surface area (TPSA) is 179 Å². The van der Waals surface area contributed by atoms with E-state index in [1.54, 1.807) is 64.9 Å². The number of nitrogens with zero attached hydrogens (tertiary/aromatic N) is 1. The molecule has 11 nitrogen and oxygen atoms in total. The summed E-state index contributed by atoms with van der Waals surface area (Å²) in [6.45, 7) is 2.12. The maximum atomic E-state index is 13.2. The Morgan fingerprint density at radius 3 is 2.31 bits per heavy atom. The van der Waals surface area contributed by atoms with Crippen molar-refractivity contribution in [2.24, 2.45) is 11.1 Å². The lowest BCUT2D eigenvalue weighted by molar-refractivity contribution is -0.139. The normalized spacial score (nSPS) is 22.0. The molecule has 0 radical (unpaired) electrons. The van der Waals surface area contributed by atoms with Gasteiger partial charge in [0.1, 0.15) is 23.4 Å². The molecule has 3 aromatic rings. The largest absolute Gasteiger partial charge is 0.457 e.